The van der Waals surface area contributed by atoms with Crippen molar-refractivity contribution in [1.29, 1.82) is 0 Å². The standard InChI is InChI=1S/C18H22N2O3/c1-12-16(20-18(23-12)13-5-3-2-4-6-13)11-17(22)19-14-7-9-15(21)10-8-14/h2-6,14-15,21H,7-11H2,1H3,(H,19,22). The molecule has 0 aliphatic heterocycles. The van der Waals surface area contributed by atoms with Gasteiger partial charge in [-0.2, -0.15) is 0 Å². The summed E-state index contributed by atoms with van der Waals surface area (Å²) in [5.41, 5.74) is 1.58. The average Bonchev–Trinajstić information content (AvgIpc) is 2.91. The molecule has 1 aliphatic carbocycles. The molecule has 0 atom stereocenters. The number of hydrogen-bond donors (Lipinski definition) is 2. The molecule has 23 heavy (non-hydrogen) atoms. The summed E-state index contributed by atoms with van der Waals surface area (Å²) in [7, 11) is 0. The quantitative estimate of drug-likeness (QED) is 0.909. The third-order valence-electron chi connectivity index (χ3n) is 4.30. The topological polar surface area (TPSA) is 75.4 Å². The van der Waals surface area contributed by atoms with E-state index in [0.717, 1.165) is 31.2 Å². The second-order valence-electron chi connectivity index (χ2n) is 6.14. The Hall–Kier alpha value is -2.14. The van der Waals surface area contributed by atoms with E-state index in [1.54, 1.807) is 0 Å². The molecule has 1 aromatic carbocycles. The summed E-state index contributed by atoms with van der Waals surface area (Å²) in [5, 5.41) is 12.5. The fourth-order valence-electron chi connectivity index (χ4n) is 2.95. The zero-order valence-electron chi connectivity index (χ0n) is 13.3. The Bertz CT molecular complexity index is 658. The first kappa shape index (κ1) is 15.7. The van der Waals surface area contributed by atoms with E-state index in [4.69, 9.17) is 4.42 Å². The lowest BCUT2D eigenvalue weighted by Crippen LogP contribution is -2.39. The van der Waals surface area contributed by atoms with Gasteiger partial charge in [0.25, 0.3) is 0 Å². The maximum Gasteiger partial charge on any atom is 0.226 e. The normalized spacial score (nSPS) is 21.1. The van der Waals surface area contributed by atoms with Gasteiger partial charge in [0.15, 0.2) is 0 Å². The number of aryl methyl sites for hydroxylation is 1. The van der Waals surface area contributed by atoms with Crippen molar-refractivity contribution in [2.24, 2.45) is 0 Å². The van der Waals surface area contributed by atoms with Gasteiger partial charge in [0.2, 0.25) is 11.8 Å². The zero-order chi connectivity index (χ0) is 16.2. The van der Waals surface area contributed by atoms with Gasteiger partial charge in [-0.1, -0.05) is 18.2 Å². The largest absolute Gasteiger partial charge is 0.441 e. The summed E-state index contributed by atoms with van der Waals surface area (Å²) in [4.78, 5) is 16.7. The molecule has 0 saturated heterocycles. The predicted molar refractivity (Wildman–Crippen MR) is 86.8 cm³/mol. The van der Waals surface area contributed by atoms with E-state index in [9.17, 15) is 9.90 Å². The number of hydrogen-bond acceptors (Lipinski definition) is 4. The SMILES string of the molecule is Cc1oc(-c2ccccc2)nc1CC(=O)NC1CCC(O)CC1. The molecule has 1 aromatic heterocycles. The minimum Gasteiger partial charge on any atom is -0.441 e. The molecule has 0 bridgehead atoms. The van der Waals surface area contributed by atoms with Gasteiger partial charge in [-0.25, -0.2) is 4.98 Å². The monoisotopic (exact) mass is 314 g/mol. The van der Waals surface area contributed by atoms with Crippen molar-refractivity contribution in [1.82, 2.24) is 10.3 Å². The molecule has 1 saturated carbocycles. The summed E-state index contributed by atoms with van der Waals surface area (Å²) in [6, 6.07) is 9.82. The van der Waals surface area contributed by atoms with Crippen LogP contribution in [0.4, 0.5) is 0 Å². The molecule has 0 spiro atoms. The Labute approximate surface area is 135 Å². The Balaban J connectivity index is 1.61. The van der Waals surface area contributed by atoms with Crippen LogP contribution in [0.5, 0.6) is 0 Å². The first-order valence-corrected chi connectivity index (χ1v) is 8.11. The Morgan fingerprint density at radius 1 is 1.26 bits per heavy atom. The van der Waals surface area contributed by atoms with Crippen LogP contribution in [-0.4, -0.2) is 28.1 Å². The van der Waals surface area contributed by atoms with Gasteiger partial charge >= 0.3 is 0 Å². The van der Waals surface area contributed by atoms with Crippen LogP contribution in [0.2, 0.25) is 0 Å². The average molecular weight is 314 g/mol. The highest BCUT2D eigenvalue weighted by atomic mass is 16.4. The number of aromatic nitrogens is 1. The summed E-state index contributed by atoms with van der Waals surface area (Å²) >= 11 is 0. The second kappa shape index (κ2) is 6.96. The van der Waals surface area contributed by atoms with E-state index in [1.165, 1.54) is 0 Å². The van der Waals surface area contributed by atoms with Gasteiger partial charge in [0.1, 0.15) is 5.76 Å². The van der Waals surface area contributed by atoms with Crippen LogP contribution in [-0.2, 0) is 11.2 Å². The van der Waals surface area contributed by atoms with Crippen LogP contribution >= 0.6 is 0 Å². The van der Waals surface area contributed by atoms with Crippen molar-refractivity contribution in [3.8, 4) is 11.5 Å². The van der Waals surface area contributed by atoms with E-state index in [1.807, 2.05) is 37.3 Å². The molecule has 1 fully saturated rings. The molecule has 2 aromatic rings. The summed E-state index contributed by atoms with van der Waals surface area (Å²) in [5.74, 6) is 1.19. The number of benzene rings is 1. The van der Waals surface area contributed by atoms with Crippen LogP contribution < -0.4 is 5.32 Å². The molecule has 1 aliphatic rings. The van der Waals surface area contributed by atoms with Crippen LogP contribution in [0, 0.1) is 6.92 Å². The molecule has 5 heteroatoms. The fraction of sp³-hybridized carbons (Fsp3) is 0.444. The van der Waals surface area contributed by atoms with Crippen molar-refractivity contribution in [2.45, 2.75) is 51.2 Å². The number of rotatable bonds is 4. The lowest BCUT2D eigenvalue weighted by molar-refractivity contribution is -0.121. The number of oxazole rings is 1. The highest BCUT2D eigenvalue weighted by Gasteiger charge is 2.22. The van der Waals surface area contributed by atoms with Gasteiger partial charge in [0.05, 0.1) is 18.2 Å². The molecule has 122 valence electrons. The smallest absolute Gasteiger partial charge is 0.226 e. The van der Waals surface area contributed by atoms with Crippen molar-refractivity contribution < 1.29 is 14.3 Å². The predicted octanol–water partition coefficient (Wildman–Crippen LogP) is 2.61. The lowest BCUT2D eigenvalue weighted by Gasteiger charge is -2.26. The minimum absolute atomic E-state index is 0.0394. The summed E-state index contributed by atoms with van der Waals surface area (Å²) in [6.45, 7) is 1.83. The molecule has 0 radical (unpaired) electrons. The lowest BCUT2D eigenvalue weighted by atomic mass is 9.93. The number of aliphatic hydroxyl groups is 1. The molecular weight excluding hydrogens is 292 g/mol. The van der Waals surface area contributed by atoms with Crippen molar-refractivity contribution in [3.63, 3.8) is 0 Å². The Morgan fingerprint density at radius 3 is 2.65 bits per heavy atom. The molecule has 3 rings (SSSR count). The number of aliphatic hydroxyl groups excluding tert-OH is 1. The Morgan fingerprint density at radius 2 is 1.96 bits per heavy atom. The second-order valence-corrected chi connectivity index (χ2v) is 6.14. The van der Waals surface area contributed by atoms with E-state index in [2.05, 4.69) is 10.3 Å². The van der Waals surface area contributed by atoms with Gasteiger partial charge < -0.3 is 14.8 Å². The third-order valence-corrected chi connectivity index (χ3v) is 4.30. The summed E-state index contributed by atoms with van der Waals surface area (Å²) in [6.07, 6.45) is 3.19. The fourth-order valence-corrected chi connectivity index (χ4v) is 2.95. The first-order valence-electron chi connectivity index (χ1n) is 8.11. The van der Waals surface area contributed by atoms with E-state index in [-0.39, 0.29) is 24.5 Å². The van der Waals surface area contributed by atoms with E-state index in [0.29, 0.717) is 17.3 Å². The van der Waals surface area contributed by atoms with Crippen LogP contribution in [0.15, 0.2) is 34.7 Å². The first-order chi connectivity index (χ1) is 11.1. The molecule has 0 unspecified atom stereocenters. The molecule has 5 nitrogen and oxygen atoms in total. The molecular formula is C18H22N2O3. The number of carbonyl (C=O) groups is 1. The van der Waals surface area contributed by atoms with Crippen molar-refractivity contribution in [2.75, 3.05) is 0 Å². The highest BCUT2D eigenvalue weighted by molar-refractivity contribution is 5.78. The Kier molecular flexibility index (Phi) is 4.76. The van der Waals surface area contributed by atoms with Crippen LogP contribution in [0.25, 0.3) is 11.5 Å². The molecule has 1 amide bonds. The van der Waals surface area contributed by atoms with Crippen molar-refractivity contribution in [3.05, 3.63) is 41.8 Å². The maximum atomic E-state index is 12.2. The highest BCUT2D eigenvalue weighted by Crippen LogP contribution is 2.22. The van der Waals surface area contributed by atoms with Gasteiger partial charge in [-0.15, -0.1) is 0 Å². The number of amides is 1. The van der Waals surface area contributed by atoms with Gasteiger partial charge in [0, 0.05) is 11.6 Å². The summed E-state index contributed by atoms with van der Waals surface area (Å²) < 4.78 is 5.68. The zero-order valence-corrected chi connectivity index (χ0v) is 13.3. The molecule has 2 N–H and O–H groups in total. The number of carbonyl (C=O) groups excluding carboxylic acids is 1. The van der Waals surface area contributed by atoms with Gasteiger partial charge in [-0.3, -0.25) is 4.79 Å². The molecule has 1 heterocycles. The third kappa shape index (κ3) is 3.99. The number of nitrogens with one attached hydrogen (secondary N) is 1. The maximum absolute atomic E-state index is 12.2. The van der Waals surface area contributed by atoms with E-state index < -0.39 is 0 Å². The number of nitrogens with zero attached hydrogens (tertiary/aromatic N) is 1. The van der Waals surface area contributed by atoms with E-state index >= 15 is 0 Å². The van der Waals surface area contributed by atoms with Gasteiger partial charge in [-0.05, 0) is 44.7 Å². The van der Waals surface area contributed by atoms with Crippen molar-refractivity contribution >= 4 is 5.91 Å². The van der Waals surface area contributed by atoms with Crippen LogP contribution in [0.3, 0.4) is 0 Å². The van der Waals surface area contributed by atoms with Crippen LogP contribution in [0.1, 0.15) is 37.1 Å². The minimum atomic E-state index is -0.214.